The topological polar surface area (TPSA) is 177 Å². The van der Waals surface area contributed by atoms with E-state index in [0.717, 1.165) is 22.3 Å². The van der Waals surface area contributed by atoms with E-state index in [1.165, 1.54) is 146 Å². The summed E-state index contributed by atoms with van der Waals surface area (Å²) in [5.41, 5.74) is 2.97. The van der Waals surface area contributed by atoms with Crippen LogP contribution in [0.25, 0.3) is 22.3 Å². The summed E-state index contributed by atoms with van der Waals surface area (Å²) >= 11 is 11.7. The van der Waals surface area contributed by atoms with Crippen molar-refractivity contribution in [2.45, 2.75) is 39.2 Å². The zero-order chi connectivity index (χ0) is 45.9. The summed E-state index contributed by atoms with van der Waals surface area (Å²) in [4.78, 5) is 1.00. The molecule has 0 heterocycles. The van der Waals surface area contributed by atoms with E-state index < -0.39 is 39.3 Å². The van der Waals surface area contributed by atoms with Gasteiger partial charge in [-0.1, -0.05) is 71.7 Å². The zero-order valence-electron chi connectivity index (χ0n) is 33.0. The molecular weight excluding hydrogens is 936 g/mol. The Balaban J connectivity index is 0.000000212. The molecule has 2 N–H and O–H groups in total. The molecule has 8 rings (SSSR count). The smallest absolute Gasteiger partial charge is 0.206 e. The number of halogens is 2. The van der Waals surface area contributed by atoms with Gasteiger partial charge in [0.1, 0.15) is 11.5 Å². The fourth-order valence-corrected chi connectivity index (χ4v) is 11.6. The van der Waals surface area contributed by atoms with Gasteiger partial charge in [-0.2, -0.15) is 0 Å². The van der Waals surface area contributed by atoms with E-state index in [1.807, 2.05) is 0 Å². The lowest BCUT2D eigenvalue weighted by Crippen LogP contribution is -2.02. The molecular formula is C48H36Cl2O10S4. The minimum absolute atomic E-state index is 0. The number of rotatable bonds is 10. The van der Waals surface area contributed by atoms with Gasteiger partial charge in [-0.15, -0.1) is 0 Å². The van der Waals surface area contributed by atoms with E-state index >= 15 is 0 Å². The first-order chi connectivity index (χ1) is 30.3. The summed E-state index contributed by atoms with van der Waals surface area (Å²) in [6.07, 6.45) is 0. The fourth-order valence-electron chi connectivity index (χ4n) is 6.33. The monoisotopic (exact) mass is 971 g/mol. The number of phenols is 2. The molecule has 0 bridgehead atoms. The van der Waals surface area contributed by atoms with E-state index in [0.29, 0.717) is 10.0 Å². The second-order valence-electron chi connectivity index (χ2n) is 14.0. The second-order valence-corrected chi connectivity index (χ2v) is 22.7. The van der Waals surface area contributed by atoms with E-state index in [4.69, 9.17) is 23.2 Å². The van der Waals surface area contributed by atoms with Gasteiger partial charge in [0.05, 0.1) is 39.2 Å². The lowest BCUT2D eigenvalue weighted by molar-refractivity contribution is 0.474. The quantitative estimate of drug-likeness (QED) is 0.134. The predicted octanol–water partition coefficient (Wildman–Crippen LogP) is 11.0. The van der Waals surface area contributed by atoms with Crippen molar-refractivity contribution < 1.29 is 45.3 Å². The molecule has 0 spiro atoms. The van der Waals surface area contributed by atoms with Crippen molar-refractivity contribution in [2.75, 3.05) is 0 Å². The SMILES string of the molecule is O=S(=O)(c1ccc(Cl)cc1)c1ccc(-c2ccc(S(=O)(=O)c3ccc(Cl)cc3)cc2)cc1.O=S(=O)(c1ccc(O)cc1)c1ccc(-c2ccc(S(=O)(=O)c3ccc(O)cc3)cc2)cc1.[2HH]. The Morgan fingerprint density at radius 1 is 0.250 bits per heavy atom. The average molecular weight is 973 g/mol. The molecule has 0 aliphatic heterocycles. The second kappa shape index (κ2) is 18.5. The average Bonchev–Trinajstić information content (AvgIpc) is 3.30. The highest BCUT2D eigenvalue weighted by molar-refractivity contribution is 7.92. The van der Waals surface area contributed by atoms with Gasteiger partial charge in [0.2, 0.25) is 39.3 Å². The highest BCUT2D eigenvalue weighted by Gasteiger charge is 2.21. The molecule has 0 fully saturated rings. The Hall–Kier alpha value is -6.26. The molecule has 0 atom stereocenters. The Morgan fingerprint density at radius 3 is 0.562 bits per heavy atom. The number of hydrogen-bond donors (Lipinski definition) is 2. The van der Waals surface area contributed by atoms with Gasteiger partial charge in [0.25, 0.3) is 0 Å². The van der Waals surface area contributed by atoms with E-state index in [2.05, 4.69) is 0 Å². The largest absolute Gasteiger partial charge is 0.508 e. The van der Waals surface area contributed by atoms with Crippen LogP contribution >= 0.6 is 23.2 Å². The Bertz CT molecular complexity index is 2920. The molecule has 0 saturated heterocycles. The molecule has 10 nitrogen and oxygen atoms in total. The van der Waals surface area contributed by atoms with E-state index in [-0.39, 0.29) is 52.1 Å². The zero-order valence-corrected chi connectivity index (χ0v) is 37.8. The number of benzene rings is 8. The molecule has 8 aromatic carbocycles. The molecule has 0 unspecified atom stereocenters. The number of aromatic hydroxyl groups is 2. The predicted molar refractivity (Wildman–Crippen MR) is 247 cm³/mol. The third kappa shape index (κ3) is 9.92. The summed E-state index contributed by atoms with van der Waals surface area (Å²) in [6.45, 7) is 0. The summed E-state index contributed by atoms with van der Waals surface area (Å²) in [5, 5.41) is 19.6. The van der Waals surface area contributed by atoms with Crippen molar-refractivity contribution in [2.24, 2.45) is 0 Å². The van der Waals surface area contributed by atoms with Crippen LogP contribution in [-0.2, 0) is 39.3 Å². The number of hydrogen-bond acceptors (Lipinski definition) is 10. The fraction of sp³-hybridized carbons (Fsp3) is 0. The van der Waals surface area contributed by atoms with E-state index in [1.54, 1.807) is 48.5 Å². The maximum atomic E-state index is 12.8. The maximum absolute atomic E-state index is 12.8. The van der Waals surface area contributed by atoms with E-state index in [9.17, 15) is 43.9 Å². The normalized spacial score (nSPS) is 11.9. The molecule has 0 aromatic heterocycles. The van der Waals surface area contributed by atoms with Gasteiger partial charge < -0.3 is 10.2 Å². The molecule has 16 heteroatoms. The van der Waals surface area contributed by atoms with Gasteiger partial charge in [0, 0.05) is 11.5 Å². The Morgan fingerprint density at radius 2 is 0.391 bits per heavy atom. The van der Waals surface area contributed by atoms with Crippen LogP contribution in [0.5, 0.6) is 11.5 Å². The highest BCUT2D eigenvalue weighted by Crippen LogP contribution is 2.31. The van der Waals surface area contributed by atoms with Gasteiger partial charge in [-0.3, -0.25) is 0 Å². The molecule has 0 aliphatic rings. The van der Waals surface area contributed by atoms with Crippen LogP contribution in [0.15, 0.2) is 233 Å². The van der Waals surface area contributed by atoms with Crippen molar-refractivity contribution in [3.05, 3.63) is 204 Å². The molecule has 0 amide bonds. The lowest BCUT2D eigenvalue weighted by Gasteiger charge is -2.08. The van der Waals surface area contributed by atoms with Crippen LogP contribution in [0.2, 0.25) is 10.0 Å². The highest BCUT2D eigenvalue weighted by atomic mass is 35.5. The van der Waals surface area contributed by atoms with Crippen LogP contribution in [0, 0.1) is 0 Å². The van der Waals surface area contributed by atoms with Gasteiger partial charge in [0.15, 0.2) is 0 Å². The van der Waals surface area contributed by atoms with Crippen LogP contribution in [0.3, 0.4) is 0 Å². The number of phenolic OH excluding ortho intramolecular Hbond substituents is 2. The summed E-state index contributed by atoms with van der Waals surface area (Å²) in [5.74, 6) is -0.0367. The first kappa shape index (κ1) is 45.8. The van der Waals surface area contributed by atoms with Crippen molar-refractivity contribution in [3.8, 4) is 33.8 Å². The first-order valence-corrected chi connectivity index (χ1v) is 25.6. The van der Waals surface area contributed by atoms with Crippen LogP contribution in [-0.4, -0.2) is 43.9 Å². The van der Waals surface area contributed by atoms with Crippen molar-refractivity contribution in [3.63, 3.8) is 0 Å². The van der Waals surface area contributed by atoms with Gasteiger partial charge >= 0.3 is 0 Å². The summed E-state index contributed by atoms with van der Waals surface area (Å²) < 4.78 is 102. The Labute approximate surface area is 382 Å². The molecule has 64 heavy (non-hydrogen) atoms. The molecule has 0 saturated carbocycles. The third-order valence-corrected chi connectivity index (χ3v) is 17.5. The molecule has 326 valence electrons. The minimum atomic E-state index is -3.72. The Kier molecular flexibility index (Phi) is 13.2. The first-order valence-electron chi connectivity index (χ1n) is 18.9. The third-order valence-electron chi connectivity index (χ3n) is 9.87. The number of sulfone groups is 4. The van der Waals surface area contributed by atoms with Crippen molar-refractivity contribution in [1.82, 2.24) is 0 Å². The molecule has 0 radical (unpaired) electrons. The van der Waals surface area contributed by atoms with Crippen molar-refractivity contribution >= 4 is 62.6 Å². The van der Waals surface area contributed by atoms with Gasteiger partial charge in [-0.05, 0) is 168 Å². The van der Waals surface area contributed by atoms with Crippen LogP contribution in [0.4, 0.5) is 0 Å². The summed E-state index contributed by atoms with van der Waals surface area (Å²) in [7, 11) is -14.8. The minimum Gasteiger partial charge on any atom is -0.508 e. The van der Waals surface area contributed by atoms with Crippen molar-refractivity contribution in [1.29, 1.82) is 0 Å². The summed E-state index contributed by atoms with van der Waals surface area (Å²) in [6, 6.07) is 48.0. The lowest BCUT2D eigenvalue weighted by atomic mass is 10.1. The van der Waals surface area contributed by atoms with Gasteiger partial charge in [-0.25, -0.2) is 33.7 Å². The standard InChI is InChI=1S/C24H16Cl2O4S2.C24H18O6S2.H2/c2*25-19-5-13-23(14-6-19)31(27,28)21-9-1-17(2-10-21)18-3-11-22(12-4-18)32(29,30)24-15-7-20(26)8-16-24;/h1-16H;1-16,25-26H;1H/i;;1+1. The maximum Gasteiger partial charge on any atom is 0.206 e. The van der Waals surface area contributed by atoms with Crippen LogP contribution < -0.4 is 0 Å². The molecule has 8 aromatic rings. The molecule has 0 aliphatic carbocycles. The van der Waals surface area contributed by atoms with Crippen LogP contribution in [0.1, 0.15) is 1.43 Å².